The summed E-state index contributed by atoms with van der Waals surface area (Å²) in [5.74, 6) is 1.35. The van der Waals surface area contributed by atoms with Crippen LogP contribution < -0.4 is 4.90 Å². The van der Waals surface area contributed by atoms with Crippen molar-refractivity contribution in [3.05, 3.63) is 23.4 Å². The third-order valence-electron chi connectivity index (χ3n) is 4.24. The molecule has 0 spiro atoms. The fourth-order valence-corrected chi connectivity index (χ4v) is 2.73. The summed E-state index contributed by atoms with van der Waals surface area (Å²) >= 11 is 0. The molecule has 1 saturated heterocycles. The number of anilines is 1. The van der Waals surface area contributed by atoms with Crippen LogP contribution in [0.5, 0.6) is 0 Å². The van der Waals surface area contributed by atoms with Crippen LogP contribution in [0.4, 0.5) is 5.82 Å². The number of hydrogen-bond acceptors (Lipinski definition) is 3. The van der Waals surface area contributed by atoms with E-state index in [0.717, 1.165) is 25.3 Å². The number of hydrogen-bond donors (Lipinski definition) is 1. The summed E-state index contributed by atoms with van der Waals surface area (Å²) in [6, 6.07) is 4.31. The zero-order valence-corrected chi connectivity index (χ0v) is 10.6. The smallest absolute Gasteiger partial charge is 0.129 e. The maximum Gasteiger partial charge on any atom is 0.129 e. The molecular weight excluding hydrogens is 212 g/mol. The first-order valence-corrected chi connectivity index (χ1v) is 6.55. The average Bonchev–Trinajstić information content (AvgIpc) is 2.71. The van der Waals surface area contributed by atoms with Crippen LogP contribution in [0, 0.1) is 5.92 Å². The second-order valence-electron chi connectivity index (χ2n) is 5.74. The second kappa shape index (κ2) is 3.70. The molecule has 1 fully saturated rings. The van der Waals surface area contributed by atoms with Crippen LogP contribution in [0.15, 0.2) is 12.1 Å². The molecular formula is C14H20N2O. The molecule has 0 amide bonds. The summed E-state index contributed by atoms with van der Waals surface area (Å²) < 4.78 is 0. The van der Waals surface area contributed by atoms with Crippen molar-refractivity contribution < 1.29 is 5.11 Å². The van der Waals surface area contributed by atoms with E-state index in [2.05, 4.69) is 30.9 Å². The highest BCUT2D eigenvalue weighted by atomic mass is 16.3. The first kappa shape index (κ1) is 11.0. The number of aliphatic hydroxyl groups is 1. The summed E-state index contributed by atoms with van der Waals surface area (Å²) in [4.78, 5) is 6.89. The minimum atomic E-state index is -0.513. The Balaban J connectivity index is 1.75. The molecule has 0 bridgehead atoms. The Labute approximate surface area is 102 Å². The largest absolute Gasteiger partial charge is 0.386 e. The molecule has 1 N–H and O–H groups in total. The maximum atomic E-state index is 10.2. The third-order valence-corrected chi connectivity index (χ3v) is 4.24. The number of nitrogens with zero attached hydrogens (tertiary/aromatic N) is 2. The number of β-amino-alcohol motifs (C(OH)–C–C–N with tert-alkyl or cyclic N) is 1. The van der Waals surface area contributed by atoms with Crippen molar-refractivity contribution in [1.82, 2.24) is 4.98 Å². The molecule has 1 aliphatic carbocycles. The molecule has 1 aliphatic heterocycles. The lowest BCUT2D eigenvalue weighted by Gasteiger charge is -2.49. The highest BCUT2D eigenvalue weighted by molar-refractivity contribution is 5.47. The van der Waals surface area contributed by atoms with Gasteiger partial charge in [-0.05, 0) is 36.8 Å². The van der Waals surface area contributed by atoms with E-state index in [9.17, 15) is 5.11 Å². The SMILES string of the molecule is CC(C)C1(O)CN(c2ccc3c(n2)CCC3)C1. The summed E-state index contributed by atoms with van der Waals surface area (Å²) in [7, 11) is 0. The lowest BCUT2D eigenvalue weighted by Crippen LogP contribution is -2.65. The Kier molecular flexibility index (Phi) is 2.40. The van der Waals surface area contributed by atoms with Gasteiger partial charge in [-0.15, -0.1) is 0 Å². The molecule has 3 heteroatoms. The molecule has 17 heavy (non-hydrogen) atoms. The second-order valence-corrected chi connectivity index (χ2v) is 5.74. The number of fused-ring (bicyclic) bond motifs is 1. The van der Waals surface area contributed by atoms with Gasteiger partial charge in [0.05, 0.1) is 13.1 Å². The Bertz CT molecular complexity index is 436. The van der Waals surface area contributed by atoms with Gasteiger partial charge in [-0.25, -0.2) is 4.98 Å². The average molecular weight is 232 g/mol. The molecule has 0 unspecified atom stereocenters. The van der Waals surface area contributed by atoms with Crippen molar-refractivity contribution in [2.45, 2.75) is 38.7 Å². The molecule has 0 atom stereocenters. The first-order valence-electron chi connectivity index (χ1n) is 6.55. The first-order chi connectivity index (χ1) is 8.08. The van der Waals surface area contributed by atoms with Crippen molar-refractivity contribution in [3.63, 3.8) is 0 Å². The highest BCUT2D eigenvalue weighted by Crippen LogP contribution is 2.33. The van der Waals surface area contributed by atoms with Gasteiger partial charge in [0.2, 0.25) is 0 Å². The van der Waals surface area contributed by atoms with Crippen LogP contribution in [0.25, 0.3) is 0 Å². The van der Waals surface area contributed by atoms with E-state index in [-0.39, 0.29) is 0 Å². The van der Waals surface area contributed by atoms with E-state index in [4.69, 9.17) is 4.98 Å². The monoisotopic (exact) mass is 232 g/mol. The minimum Gasteiger partial charge on any atom is -0.386 e. The van der Waals surface area contributed by atoms with Crippen molar-refractivity contribution in [2.24, 2.45) is 5.92 Å². The number of pyridine rings is 1. The number of aromatic nitrogens is 1. The summed E-state index contributed by atoms with van der Waals surface area (Å²) in [5, 5.41) is 10.2. The van der Waals surface area contributed by atoms with Gasteiger partial charge in [0.25, 0.3) is 0 Å². The highest BCUT2D eigenvalue weighted by Gasteiger charge is 2.44. The fourth-order valence-electron chi connectivity index (χ4n) is 2.73. The standard InChI is InChI=1S/C14H20N2O/c1-10(2)14(17)8-16(9-14)13-7-6-11-4-3-5-12(11)15-13/h6-7,10,17H,3-5,8-9H2,1-2H3. The quantitative estimate of drug-likeness (QED) is 0.844. The molecule has 3 nitrogen and oxygen atoms in total. The number of aryl methyl sites for hydroxylation is 2. The predicted octanol–water partition coefficient (Wildman–Crippen LogP) is 1.78. The van der Waals surface area contributed by atoms with E-state index in [1.807, 2.05) is 0 Å². The van der Waals surface area contributed by atoms with Crippen LogP contribution in [0.3, 0.4) is 0 Å². The van der Waals surface area contributed by atoms with E-state index in [0.29, 0.717) is 5.92 Å². The van der Waals surface area contributed by atoms with Gasteiger partial charge < -0.3 is 10.0 Å². The lowest BCUT2D eigenvalue weighted by atomic mass is 9.83. The molecule has 1 aromatic rings. The molecule has 0 radical (unpaired) electrons. The molecule has 1 aromatic heterocycles. The fraction of sp³-hybridized carbons (Fsp3) is 0.643. The van der Waals surface area contributed by atoms with Crippen molar-refractivity contribution in [1.29, 1.82) is 0 Å². The number of rotatable bonds is 2. The molecule has 3 rings (SSSR count). The van der Waals surface area contributed by atoms with Crippen LogP contribution in [0.2, 0.25) is 0 Å². The van der Waals surface area contributed by atoms with Gasteiger partial charge in [-0.2, -0.15) is 0 Å². The van der Waals surface area contributed by atoms with E-state index in [1.165, 1.54) is 24.1 Å². The zero-order valence-electron chi connectivity index (χ0n) is 10.6. The molecule has 2 heterocycles. The van der Waals surface area contributed by atoms with E-state index >= 15 is 0 Å². The van der Waals surface area contributed by atoms with E-state index in [1.54, 1.807) is 0 Å². The van der Waals surface area contributed by atoms with Crippen molar-refractivity contribution >= 4 is 5.82 Å². The van der Waals surface area contributed by atoms with Gasteiger partial charge >= 0.3 is 0 Å². The Hall–Kier alpha value is -1.09. The third kappa shape index (κ3) is 1.73. The molecule has 92 valence electrons. The van der Waals surface area contributed by atoms with Gasteiger partial charge in [-0.3, -0.25) is 0 Å². The van der Waals surface area contributed by atoms with Crippen molar-refractivity contribution in [2.75, 3.05) is 18.0 Å². The van der Waals surface area contributed by atoms with Gasteiger partial charge in [0.15, 0.2) is 0 Å². The zero-order chi connectivity index (χ0) is 12.0. The molecule has 0 aromatic carbocycles. The van der Waals surface area contributed by atoms with Gasteiger partial charge in [0.1, 0.15) is 11.4 Å². The Morgan fingerprint density at radius 2 is 2.06 bits per heavy atom. The predicted molar refractivity (Wildman–Crippen MR) is 68.3 cm³/mol. The van der Waals surface area contributed by atoms with Gasteiger partial charge in [-0.1, -0.05) is 19.9 Å². The summed E-state index contributed by atoms with van der Waals surface area (Å²) in [6.07, 6.45) is 3.53. The Morgan fingerprint density at radius 3 is 2.76 bits per heavy atom. The van der Waals surface area contributed by atoms with Crippen LogP contribution >= 0.6 is 0 Å². The Morgan fingerprint density at radius 1 is 1.29 bits per heavy atom. The minimum absolute atomic E-state index is 0.313. The summed E-state index contributed by atoms with van der Waals surface area (Å²) in [5.41, 5.74) is 2.16. The van der Waals surface area contributed by atoms with Crippen molar-refractivity contribution in [3.8, 4) is 0 Å². The molecule has 2 aliphatic rings. The van der Waals surface area contributed by atoms with Crippen LogP contribution in [0.1, 0.15) is 31.5 Å². The van der Waals surface area contributed by atoms with Crippen LogP contribution in [-0.2, 0) is 12.8 Å². The van der Waals surface area contributed by atoms with Gasteiger partial charge in [0, 0.05) is 5.69 Å². The lowest BCUT2D eigenvalue weighted by molar-refractivity contribution is -0.0304. The normalized spacial score (nSPS) is 21.5. The topological polar surface area (TPSA) is 36.4 Å². The summed E-state index contributed by atoms with van der Waals surface area (Å²) in [6.45, 7) is 5.59. The van der Waals surface area contributed by atoms with E-state index < -0.39 is 5.60 Å². The van der Waals surface area contributed by atoms with Crippen LogP contribution in [-0.4, -0.2) is 28.8 Å². The molecule has 0 saturated carbocycles. The maximum absolute atomic E-state index is 10.2.